The van der Waals surface area contributed by atoms with Crippen molar-refractivity contribution in [1.29, 1.82) is 0 Å². The van der Waals surface area contributed by atoms with E-state index in [2.05, 4.69) is 6.07 Å². The van der Waals surface area contributed by atoms with Crippen LogP contribution in [0.25, 0.3) is 10.9 Å². The maximum absolute atomic E-state index is 13.1. The minimum atomic E-state index is -0.254. The first-order valence-electron chi connectivity index (χ1n) is 8.77. The predicted octanol–water partition coefficient (Wildman–Crippen LogP) is 3.87. The fourth-order valence-corrected chi connectivity index (χ4v) is 3.80. The molecule has 0 N–H and O–H groups in total. The summed E-state index contributed by atoms with van der Waals surface area (Å²) in [5.41, 5.74) is 3.17. The van der Waals surface area contributed by atoms with Crippen LogP contribution in [0.2, 0.25) is 5.02 Å². The van der Waals surface area contributed by atoms with Crippen molar-refractivity contribution in [3.8, 4) is 0 Å². The Kier molecular flexibility index (Phi) is 4.29. The largest absolute Gasteiger partial charge is 0.347 e. The van der Waals surface area contributed by atoms with Crippen molar-refractivity contribution in [3.63, 3.8) is 0 Å². The number of benzene rings is 2. The number of fused-ring (bicyclic) bond motifs is 2. The van der Waals surface area contributed by atoms with Crippen molar-refractivity contribution in [1.82, 2.24) is 9.47 Å². The Morgan fingerprint density at radius 1 is 1.15 bits per heavy atom. The van der Waals surface area contributed by atoms with Gasteiger partial charge in [-0.25, -0.2) is 0 Å². The lowest BCUT2D eigenvalue weighted by molar-refractivity contribution is 0.0733. The highest BCUT2D eigenvalue weighted by Crippen LogP contribution is 2.22. The van der Waals surface area contributed by atoms with Gasteiger partial charge in [0.2, 0.25) is 5.43 Å². The predicted molar refractivity (Wildman–Crippen MR) is 104 cm³/mol. The van der Waals surface area contributed by atoms with E-state index in [1.165, 1.54) is 5.56 Å². The molecular formula is C21H19ClN2O2. The first kappa shape index (κ1) is 16.9. The molecule has 0 atom stereocenters. The third kappa shape index (κ3) is 2.80. The van der Waals surface area contributed by atoms with Crippen molar-refractivity contribution in [2.45, 2.75) is 26.4 Å². The Bertz CT molecular complexity index is 1070. The Labute approximate surface area is 156 Å². The average molecular weight is 367 g/mol. The second-order valence-corrected chi connectivity index (χ2v) is 7.00. The smallest absolute Gasteiger partial charge is 0.259 e. The van der Waals surface area contributed by atoms with Gasteiger partial charge in [0.25, 0.3) is 5.91 Å². The van der Waals surface area contributed by atoms with E-state index in [9.17, 15) is 9.59 Å². The third-order valence-electron chi connectivity index (χ3n) is 5.03. The van der Waals surface area contributed by atoms with Crippen LogP contribution < -0.4 is 5.43 Å². The minimum Gasteiger partial charge on any atom is -0.347 e. The van der Waals surface area contributed by atoms with Crippen LogP contribution in [0.1, 0.15) is 28.4 Å². The Balaban J connectivity index is 1.78. The van der Waals surface area contributed by atoms with E-state index in [0.717, 1.165) is 17.5 Å². The molecule has 0 radical (unpaired) electrons. The number of pyridine rings is 1. The molecule has 0 fully saturated rings. The second-order valence-electron chi connectivity index (χ2n) is 6.56. The van der Waals surface area contributed by atoms with Gasteiger partial charge in [0, 0.05) is 36.2 Å². The molecule has 4 nitrogen and oxygen atoms in total. The quantitative estimate of drug-likeness (QED) is 0.690. The topological polar surface area (TPSA) is 42.3 Å². The van der Waals surface area contributed by atoms with Gasteiger partial charge in [-0.3, -0.25) is 9.59 Å². The van der Waals surface area contributed by atoms with Gasteiger partial charge in [0.15, 0.2) is 0 Å². The molecule has 0 unspecified atom stereocenters. The number of nitrogens with zero attached hydrogens (tertiary/aromatic N) is 2. The SMILES string of the molecule is CCn1cc(C(=O)N2CCc3ccccc3C2)c(=O)c2cc(Cl)ccc21. The summed E-state index contributed by atoms with van der Waals surface area (Å²) in [6.45, 7) is 3.81. The minimum absolute atomic E-state index is 0.209. The van der Waals surface area contributed by atoms with Gasteiger partial charge < -0.3 is 9.47 Å². The van der Waals surface area contributed by atoms with Crippen LogP contribution in [0.15, 0.2) is 53.5 Å². The molecule has 0 aliphatic carbocycles. The highest BCUT2D eigenvalue weighted by Gasteiger charge is 2.24. The number of hydrogen-bond donors (Lipinski definition) is 0. The second kappa shape index (κ2) is 6.61. The maximum Gasteiger partial charge on any atom is 0.259 e. The van der Waals surface area contributed by atoms with Gasteiger partial charge in [0.05, 0.1) is 5.52 Å². The molecule has 1 amide bonds. The standard InChI is InChI=1S/C21H19ClN2O2/c1-2-23-13-18(20(25)17-11-16(22)7-8-19(17)23)21(26)24-10-9-14-5-3-4-6-15(14)12-24/h3-8,11,13H,2,9-10,12H2,1H3. The average Bonchev–Trinajstić information content (AvgIpc) is 2.67. The van der Waals surface area contributed by atoms with Gasteiger partial charge in [-0.15, -0.1) is 0 Å². The molecule has 0 saturated carbocycles. The zero-order valence-corrected chi connectivity index (χ0v) is 15.3. The Morgan fingerprint density at radius 3 is 2.69 bits per heavy atom. The van der Waals surface area contributed by atoms with Crippen LogP contribution in [0, 0.1) is 0 Å². The van der Waals surface area contributed by atoms with E-state index in [1.807, 2.05) is 35.8 Å². The lowest BCUT2D eigenvalue weighted by Crippen LogP contribution is -2.38. The lowest BCUT2D eigenvalue weighted by atomic mass is 9.99. The zero-order valence-electron chi connectivity index (χ0n) is 14.5. The summed E-state index contributed by atoms with van der Waals surface area (Å²) in [6.07, 6.45) is 2.49. The highest BCUT2D eigenvalue weighted by atomic mass is 35.5. The number of amides is 1. The monoisotopic (exact) mass is 366 g/mol. The number of carbonyl (C=O) groups is 1. The number of rotatable bonds is 2. The molecule has 1 aliphatic heterocycles. The fraction of sp³-hybridized carbons (Fsp3) is 0.238. The molecule has 2 aromatic carbocycles. The summed E-state index contributed by atoms with van der Waals surface area (Å²) >= 11 is 6.08. The van der Waals surface area contributed by atoms with Crippen molar-refractivity contribution in [3.05, 3.63) is 80.6 Å². The molecule has 1 aromatic heterocycles. The van der Waals surface area contributed by atoms with Crippen LogP contribution in [0.4, 0.5) is 0 Å². The van der Waals surface area contributed by atoms with E-state index in [1.54, 1.807) is 23.2 Å². The number of aromatic nitrogens is 1. The lowest BCUT2D eigenvalue weighted by Gasteiger charge is -2.29. The third-order valence-corrected chi connectivity index (χ3v) is 5.27. The summed E-state index contributed by atoms with van der Waals surface area (Å²) in [7, 11) is 0. The molecule has 0 bridgehead atoms. The Hall–Kier alpha value is -2.59. The Morgan fingerprint density at radius 2 is 1.92 bits per heavy atom. The van der Waals surface area contributed by atoms with E-state index in [0.29, 0.717) is 30.0 Å². The molecule has 2 heterocycles. The van der Waals surface area contributed by atoms with E-state index in [4.69, 9.17) is 11.6 Å². The van der Waals surface area contributed by atoms with Gasteiger partial charge in [-0.2, -0.15) is 0 Å². The summed E-state index contributed by atoms with van der Waals surface area (Å²) < 4.78 is 1.93. The van der Waals surface area contributed by atoms with Crippen molar-refractivity contribution < 1.29 is 4.79 Å². The number of carbonyl (C=O) groups excluding carboxylic acids is 1. The number of aryl methyl sites for hydroxylation is 1. The fourth-order valence-electron chi connectivity index (χ4n) is 3.62. The van der Waals surface area contributed by atoms with Crippen molar-refractivity contribution >= 4 is 28.4 Å². The molecule has 26 heavy (non-hydrogen) atoms. The first-order chi connectivity index (χ1) is 12.6. The number of hydrogen-bond acceptors (Lipinski definition) is 2. The molecule has 132 valence electrons. The summed E-state index contributed by atoms with van der Waals surface area (Å²) in [5.74, 6) is -0.214. The van der Waals surface area contributed by atoms with Gasteiger partial charge in [-0.05, 0) is 42.7 Å². The van der Waals surface area contributed by atoms with Crippen LogP contribution in [-0.2, 0) is 19.5 Å². The van der Waals surface area contributed by atoms with Crippen molar-refractivity contribution in [2.75, 3.05) is 6.54 Å². The molecule has 4 rings (SSSR count). The van der Waals surface area contributed by atoms with E-state index < -0.39 is 0 Å². The van der Waals surface area contributed by atoms with Crippen molar-refractivity contribution in [2.24, 2.45) is 0 Å². The molecular weight excluding hydrogens is 348 g/mol. The molecule has 1 aliphatic rings. The first-order valence-corrected chi connectivity index (χ1v) is 9.15. The van der Waals surface area contributed by atoms with Gasteiger partial charge in [-0.1, -0.05) is 35.9 Å². The van der Waals surface area contributed by atoms with Crippen LogP contribution in [-0.4, -0.2) is 21.9 Å². The normalized spacial score (nSPS) is 13.7. The van der Waals surface area contributed by atoms with Crippen LogP contribution in [0.3, 0.4) is 0 Å². The maximum atomic E-state index is 13.1. The number of halogens is 1. The molecule has 5 heteroatoms. The van der Waals surface area contributed by atoms with Gasteiger partial charge >= 0.3 is 0 Å². The van der Waals surface area contributed by atoms with E-state index in [-0.39, 0.29) is 16.9 Å². The van der Waals surface area contributed by atoms with E-state index >= 15 is 0 Å². The van der Waals surface area contributed by atoms with Crippen LogP contribution in [0.5, 0.6) is 0 Å². The molecule has 3 aromatic rings. The summed E-state index contributed by atoms with van der Waals surface area (Å²) in [5, 5.41) is 0.983. The highest BCUT2D eigenvalue weighted by molar-refractivity contribution is 6.31. The summed E-state index contributed by atoms with van der Waals surface area (Å²) in [4.78, 5) is 27.8. The van der Waals surface area contributed by atoms with Gasteiger partial charge in [0.1, 0.15) is 5.56 Å². The molecule has 0 spiro atoms. The zero-order chi connectivity index (χ0) is 18.3. The molecule has 0 saturated heterocycles. The summed E-state index contributed by atoms with van der Waals surface area (Å²) in [6, 6.07) is 13.4. The van der Waals surface area contributed by atoms with Crippen LogP contribution >= 0.6 is 11.6 Å².